The van der Waals surface area contributed by atoms with Crippen LogP contribution in [0.1, 0.15) is 47.8 Å². The van der Waals surface area contributed by atoms with E-state index in [1.54, 1.807) is 4.57 Å². The molecule has 1 aliphatic rings. The summed E-state index contributed by atoms with van der Waals surface area (Å²) in [6, 6.07) is 14.6. The SMILES string of the molecule is CCCN[C@@H]1c2cccn2C(=O)C[C@H]1c1ccccc1. The second kappa shape index (κ2) is 5.63. The summed E-state index contributed by atoms with van der Waals surface area (Å²) >= 11 is 0. The van der Waals surface area contributed by atoms with Gasteiger partial charge in [-0.15, -0.1) is 0 Å². The summed E-state index contributed by atoms with van der Waals surface area (Å²) in [5, 5.41) is 3.61. The highest BCUT2D eigenvalue weighted by molar-refractivity contribution is 5.82. The highest BCUT2D eigenvalue weighted by atomic mass is 16.2. The Labute approximate surface area is 119 Å². The summed E-state index contributed by atoms with van der Waals surface area (Å²) in [7, 11) is 0. The molecule has 1 N–H and O–H groups in total. The molecule has 0 unspecified atom stereocenters. The number of hydrogen-bond acceptors (Lipinski definition) is 2. The van der Waals surface area contributed by atoms with Gasteiger partial charge in [0.2, 0.25) is 5.91 Å². The average Bonchev–Trinajstić information content (AvgIpc) is 2.97. The predicted molar refractivity (Wildman–Crippen MR) is 79.9 cm³/mol. The summed E-state index contributed by atoms with van der Waals surface area (Å²) in [4.78, 5) is 12.3. The fourth-order valence-corrected chi connectivity index (χ4v) is 3.04. The molecule has 0 bridgehead atoms. The highest BCUT2D eigenvalue weighted by Gasteiger charge is 2.34. The van der Waals surface area contributed by atoms with Gasteiger partial charge in [-0.1, -0.05) is 37.3 Å². The van der Waals surface area contributed by atoms with Crippen LogP contribution < -0.4 is 5.32 Å². The fourth-order valence-electron chi connectivity index (χ4n) is 3.04. The largest absolute Gasteiger partial charge is 0.308 e. The van der Waals surface area contributed by atoms with Gasteiger partial charge in [0.15, 0.2) is 0 Å². The number of aromatic nitrogens is 1. The Morgan fingerprint density at radius 1 is 1.20 bits per heavy atom. The number of hydrogen-bond donors (Lipinski definition) is 1. The van der Waals surface area contributed by atoms with Crippen LogP contribution in [-0.2, 0) is 0 Å². The average molecular weight is 268 g/mol. The van der Waals surface area contributed by atoms with Gasteiger partial charge in [-0.2, -0.15) is 0 Å². The van der Waals surface area contributed by atoms with Crippen LogP contribution in [0.3, 0.4) is 0 Å². The van der Waals surface area contributed by atoms with Crippen LogP contribution in [0.25, 0.3) is 0 Å². The zero-order chi connectivity index (χ0) is 13.9. The molecule has 1 aromatic heterocycles. The molecule has 0 saturated heterocycles. The Kier molecular flexibility index (Phi) is 3.70. The molecule has 0 radical (unpaired) electrons. The molecule has 2 atom stereocenters. The van der Waals surface area contributed by atoms with Crippen LogP contribution in [0.15, 0.2) is 48.7 Å². The number of carbonyl (C=O) groups is 1. The number of benzene rings is 1. The molecular weight excluding hydrogens is 248 g/mol. The van der Waals surface area contributed by atoms with Crippen molar-refractivity contribution >= 4 is 5.91 Å². The molecule has 0 spiro atoms. The molecule has 3 nitrogen and oxygen atoms in total. The molecule has 0 amide bonds. The van der Waals surface area contributed by atoms with Crippen molar-refractivity contribution in [1.82, 2.24) is 9.88 Å². The van der Waals surface area contributed by atoms with Crippen molar-refractivity contribution in [3.05, 3.63) is 59.9 Å². The quantitative estimate of drug-likeness (QED) is 0.922. The zero-order valence-corrected chi connectivity index (χ0v) is 11.8. The van der Waals surface area contributed by atoms with Crippen molar-refractivity contribution in [3.8, 4) is 0 Å². The minimum absolute atomic E-state index is 0.188. The van der Waals surface area contributed by atoms with Crippen molar-refractivity contribution in [2.45, 2.75) is 31.7 Å². The summed E-state index contributed by atoms with van der Waals surface area (Å²) in [5.41, 5.74) is 2.32. The van der Waals surface area contributed by atoms with E-state index < -0.39 is 0 Å². The van der Waals surface area contributed by atoms with Crippen molar-refractivity contribution < 1.29 is 4.79 Å². The lowest BCUT2D eigenvalue weighted by atomic mass is 9.84. The van der Waals surface area contributed by atoms with Gasteiger partial charge in [0.1, 0.15) is 0 Å². The molecule has 0 saturated carbocycles. The van der Waals surface area contributed by atoms with Crippen LogP contribution in [0.2, 0.25) is 0 Å². The van der Waals surface area contributed by atoms with E-state index in [9.17, 15) is 4.79 Å². The van der Waals surface area contributed by atoms with Crippen LogP contribution in [0.4, 0.5) is 0 Å². The van der Waals surface area contributed by atoms with Gasteiger partial charge in [0.25, 0.3) is 0 Å². The molecule has 1 aromatic carbocycles. The van der Waals surface area contributed by atoms with Gasteiger partial charge in [-0.3, -0.25) is 9.36 Å². The lowest BCUT2D eigenvalue weighted by molar-refractivity contribution is 0.0855. The van der Waals surface area contributed by atoms with E-state index in [1.165, 1.54) is 5.56 Å². The first-order chi connectivity index (χ1) is 9.81. The van der Waals surface area contributed by atoms with Crippen LogP contribution >= 0.6 is 0 Å². The Balaban J connectivity index is 1.98. The predicted octanol–water partition coefficient (Wildman–Crippen LogP) is 3.36. The third-order valence-electron chi connectivity index (χ3n) is 4.01. The Morgan fingerprint density at radius 3 is 2.75 bits per heavy atom. The summed E-state index contributed by atoms with van der Waals surface area (Å²) in [6.07, 6.45) is 3.53. The fraction of sp³-hybridized carbons (Fsp3) is 0.353. The molecule has 0 fully saturated rings. The molecule has 3 rings (SSSR count). The van der Waals surface area contributed by atoms with E-state index in [1.807, 2.05) is 30.5 Å². The van der Waals surface area contributed by atoms with E-state index in [-0.39, 0.29) is 17.9 Å². The van der Waals surface area contributed by atoms with Crippen molar-refractivity contribution in [2.24, 2.45) is 0 Å². The van der Waals surface area contributed by atoms with Gasteiger partial charge >= 0.3 is 0 Å². The first-order valence-corrected chi connectivity index (χ1v) is 7.30. The Morgan fingerprint density at radius 2 is 2.00 bits per heavy atom. The van der Waals surface area contributed by atoms with Crippen LogP contribution in [0, 0.1) is 0 Å². The lowest BCUT2D eigenvalue weighted by Gasteiger charge is -2.33. The first-order valence-electron chi connectivity index (χ1n) is 7.30. The van der Waals surface area contributed by atoms with Gasteiger partial charge in [-0.05, 0) is 30.7 Å². The minimum atomic E-state index is 0.188. The number of rotatable bonds is 4. The Hall–Kier alpha value is -1.87. The summed E-state index contributed by atoms with van der Waals surface area (Å²) in [6.45, 7) is 3.13. The number of nitrogens with one attached hydrogen (secondary N) is 1. The van der Waals surface area contributed by atoms with Crippen molar-refractivity contribution in [1.29, 1.82) is 0 Å². The standard InChI is InChI=1S/C17H20N2O/c1-2-10-18-17-14(13-7-4-3-5-8-13)12-16(20)19-11-6-9-15(17)19/h3-9,11,14,17-18H,2,10,12H2,1H3/t14-,17-/m0/s1. The van der Waals surface area contributed by atoms with E-state index in [2.05, 4.69) is 30.4 Å². The maximum atomic E-state index is 12.3. The van der Waals surface area contributed by atoms with Gasteiger partial charge in [0.05, 0.1) is 6.04 Å². The van der Waals surface area contributed by atoms with E-state index >= 15 is 0 Å². The van der Waals surface area contributed by atoms with E-state index in [0.29, 0.717) is 6.42 Å². The number of carbonyl (C=O) groups excluding carboxylic acids is 1. The summed E-state index contributed by atoms with van der Waals surface area (Å²) in [5.74, 6) is 0.408. The molecule has 104 valence electrons. The third-order valence-corrected chi connectivity index (χ3v) is 4.01. The monoisotopic (exact) mass is 268 g/mol. The zero-order valence-electron chi connectivity index (χ0n) is 11.8. The van der Waals surface area contributed by atoms with E-state index in [4.69, 9.17) is 0 Å². The van der Waals surface area contributed by atoms with Gasteiger partial charge in [0, 0.05) is 24.2 Å². The second-order valence-corrected chi connectivity index (χ2v) is 5.35. The highest BCUT2D eigenvalue weighted by Crippen LogP contribution is 2.38. The van der Waals surface area contributed by atoms with Gasteiger partial charge in [-0.25, -0.2) is 0 Å². The molecular formula is C17H20N2O. The molecule has 20 heavy (non-hydrogen) atoms. The summed E-state index contributed by atoms with van der Waals surface area (Å²) < 4.78 is 1.80. The molecule has 3 heteroatoms. The first kappa shape index (κ1) is 13.1. The number of fused-ring (bicyclic) bond motifs is 1. The van der Waals surface area contributed by atoms with E-state index in [0.717, 1.165) is 18.7 Å². The normalized spacial score (nSPS) is 21.8. The molecule has 2 heterocycles. The maximum absolute atomic E-state index is 12.3. The van der Waals surface area contributed by atoms with Crippen LogP contribution in [-0.4, -0.2) is 17.0 Å². The Bertz CT molecular complexity index is 588. The maximum Gasteiger partial charge on any atom is 0.231 e. The molecule has 2 aromatic rings. The van der Waals surface area contributed by atoms with Gasteiger partial charge < -0.3 is 5.32 Å². The van der Waals surface area contributed by atoms with Crippen LogP contribution in [0.5, 0.6) is 0 Å². The minimum Gasteiger partial charge on any atom is -0.308 e. The second-order valence-electron chi connectivity index (χ2n) is 5.35. The number of nitrogens with zero attached hydrogens (tertiary/aromatic N) is 1. The third kappa shape index (κ3) is 2.29. The van der Waals surface area contributed by atoms with Crippen molar-refractivity contribution in [3.63, 3.8) is 0 Å². The topological polar surface area (TPSA) is 34.0 Å². The molecule has 0 aliphatic carbocycles. The van der Waals surface area contributed by atoms with Crippen molar-refractivity contribution in [2.75, 3.05) is 6.54 Å². The lowest BCUT2D eigenvalue weighted by Crippen LogP contribution is -2.36. The molecule has 1 aliphatic heterocycles. The smallest absolute Gasteiger partial charge is 0.231 e.